The van der Waals surface area contributed by atoms with Crippen molar-refractivity contribution in [1.29, 1.82) is 0 Å². The van der Waals surface area contributed by atoms with E-state index in [1.54, 1.807) is 6.33 Å². The quantitative estimate of drug-likeness (QED) is 0.908. The van der Waals surface area contributed by atoms with E-state index >= 15 is 0 Å². The van der Waals surface area contributed by atoms with Gasteiger partial charge in [0.05, 0.1) is 0 Å². The third-order valence-corrected chi connectivity index (χ3v) is 3.86. The highest BCUT2D eigenvalue weighted by Gasteiger charge is 2.09. The van der Waals surface area contributed by atoms with Crippen LogP contribution in [0.25, 0.3) is 5.57 Å². The first-order chi connectivity index (χ1) is 10.7. The van der Waals surface area contributed by atoms with Crippen LogP contribution >= 0.6 is 0 Å². The van der Waals surface area contributed by atoms with Crippen molar-refractivity contribution in [3.63, 3.8) is 0 Å². The summed E-state index contributed by atoms with van der Waals surface area (Å²) in [5, 5.41) is 6.30. The molecule has 0 fully saturated rings. The number of benzene rings is 1. The summed E-state index contributed by atoms with van der Waals surface area (Å²) in [5.74, 6) is 1.58. The molecule has 3 rings (SSSR count). The molecule has 0 unspecified atom stereocenters. The Kier molecular flexibility index (Phi) is 4.34. The zero-order valence-corrected chi connectivity index (χ0v) is 13.0. The smallest absolute Gasteiger partial charge is 0.135 e. The monoisotopic (exact) mass is 295 g/mol. The Morgan fingerprint density at radius 2 is 1.86 bits per heavy atom. The number of nitrogens with zero attached hydrogens (tertiary/aromatic N) is 3. The van der Waals surface area contributed by atoms with Gasteiger partial charge in [-0.2, -0.15) is 0 Å². The van der Waals surface area contributed by atoms with Crippen LogP contribution in [0.4, 0.5) is 17.3 Å². The van der Waals surface area contributed by atoms with Crippen molar-refractivity contribution in [3.05, 3.63) is 48.3 Å². The minimum Gasteiger partial charge on any atom is -0.373 e. The highest BCUT2D eigenvalue weighted by atomic mass is 15.1. The zero-order chi connectivity index (χ0) is 15.4. The van der Waals surface area contributed by atoms with E-state index in [0.717, 1.165) is 36.8 Å². The summed E-state index contributed by atoms with van der Waals surface area (Å²) in [5.41, 5.74) is 3.76. The topological polar surface area (TPSA) is 53.1 Å². The molecule has 5 nitrogen and oxygen atoms in total. The lowest BCUT2D eigenvalue weighted by Crippen LogP contribution is -2.23. The number of aromatic nitrogens is 2. The maximum Gasteiger partial charge on any atom is 0.135 e. The van der Waals surface area contributed by atoms with Crippen molar-refractivity contribution in [2.45, 2.75) is 6.42 Å². The van der Waals surface area contributed by atoms with Gasteiger partial charge in [-0.1, -0.05) is 18.2 Å². The van der Waals surface area contributed by atoms with Crippen LogP contribution < -0.4 is 10.6 Å². The van der Waals surface area contributed by atoms with Gasteiger partial charge in [0.15, 0.2) is 0 Å². The van der Waals surface area contributed by atoms with E-state index in [-0.39, 0.29) is 0 Å². The Labute approximate surface area is 131 Å². The van der Waals surface area contributed by atoms with Gasteiger partial charge in [0, 0.05) is 31.9 Å². The standard InChI is InChI=1S/C17H21N5/c1-18-16-11-17(20-12-19-16)21-15-5-3-13(4-6-15)14-7-9-22(2)10-8-14/h3-7,11-12H,8-10H2,1-2H3,(H2,18,19,20,21). The number of hydrogen-bond donors (Lipinski definition) is 2. The van der Waals surface area contributed by atoms with Crippen LogP contribution in [-0.4, -0.2) is 42.1 Å². The van der Waals surface area contributed by atoms with E-state index in [2.05, 4.69) is 62.9 Å². The molecule has 0 spiro atoms. The van der Waals surface area contributed by atoms with E-state index in [9.17, 15) is 0 Å². The van der Waals surface area contributed by atoms with Crippen LogP contribution in [0.5, 0.6) is 0 Å². The van der Waals surface area contributed by atoms with Gasteiger partial charge in [-0.25, -0.2) is 9.97 Å². The molecule has 0 saturated carbocycles. The van der Waals surface area contributed by atoms with Crippen molar-refractivity contribution in [3.8, 4) is 0 Å². The van der Waals surface area contributed by atoms with Crippen LogP contribution in [0.3, 0.4) is 0 Å². The van der Waals surface area contributed by atoms with Gasteiger partial charge in [0.25, 0.3) is 0 Å². The lowest BCUT2D eigenvalue weighted by molar-refractivity contribution is 0.370. The molecule has 0 amide bonds. The van der Waals surface area contributed by atoms with Gasteiger partial charge in [-0.05, 0) is 36.7 Å². The summed E-state index contributed by atoms with van der Waals surface area (Å²) in [6.07, 6.45) is 4.97. The Bertz CT molecular complexity index is 663. The molecule has 22 heavy (non-hydrogen) atoms. The van der Waals surface area contributed by atoms with Crippen molar-refractivity contribution >= 4 is 22.9 Å². The van der Waals surface area contributed by atoms with Gasteiger partial charge in [-0.15, -0.1) is 0 Å². The fraction of sp³-hybridized carbons (Fsp3) is 0.294. The van der Waals surface area contributed by atoms with Crippen LogP contribution in [0, 0.1) is 0 Å². The molecule has 0 bridgehead atoms. The molecule has 2 aromatic rings. The molecule has 2 heterocycles. The minimum absolute atomic E-state index is 0.783. The summed E-state index contributed by atoms with van der Waals surface area (Å²) in [4.78, 5) is 10.7. The maximum absolute atomic E-state index is 4.22. The highest BCUT2D eigenvalue weighted by Crippen LogP contribution is 2.24. The minimum atomic E-state index is 0.783. The van der Waals surface area contributed by atoms with Crippen molar-refractivity contribution in [2.24, 2.45) is 0 Å². The molecule has 0 radical (unpaired) electrons. The summed E-state index contributed by atoms with van der Waals surface area (Å²) in [6.45, 7) is 2.16. The fourth-order valence-corrected chi connectivity index (χ4v) is 2.51. The van der Waals surface area contributed by atoms with Crippen molar-refractivity contribution < 1.29 is 0 Å². The average molecular weight is 295 g/mol. The molecule has 0 atom stereocenters. The molecule has 0 saturated heterocycles. The third-order valence-electron chi connectivity index (χ3n) is 3.86. The molecule has 1 aliphatic heterocycles. The normalized spacial score (nSPS) is 15.3. The predicted octanol–water partition coefficient (Wildman–Crippen LogP) is 2.98. The van der Waals surface area contributed by atoms with Gasteiger partial charge in [-0.3, -0.25) is 0 Å². The molecule has 1 aromatic heterocycles. The van der Waals surface area contributed by atoms with Crippen LogP contribution in [-0.2, 0) is 0 Å². The lowest BCUT2D eigenvalue weighted by atomic mass is 9.99. The number of nitrogens with one attached hydrogen (secondary N) is 2. The van der Waals surface area contributed by atoms with E-state index in [1.165, 1.54) is 11.1 Å². The number of hydrogen-bond acceptors (Lipinski definition) is 5. The summed E-state index contributed by atoms with van der Waals surface area (Å²) in [7, 11) is 4.00. The van der Waals surface area contributed by atoms with Gasteiger partial charge in [0.1, 0.15) is 18.0 Å². The molecule has 0 aliphatic carbocycles. The fourth-order valence-electron chi connectivity index (χ4n) is 2.51. The van der Waals surface area contributed by atoms with E-state index in [4.69, 9.17) is 0 Å². The second kappa shape index (κ2) is 6.58. The van der Waals surface area contributed by atoms with Crippen molar-refractivity contribution in [2.75, 3.05) is 37.8 Å². The SMILES string of the molecule is CNc1cc(Nc2ccc(C3=CCN(C)CC3)cc2)ncn1. The average Bonchev–Trinajstić information content (AvgIpc) is 2.57. The van der Waals surface area contributed by atoms with Crippen LogP contribution in [0.15, 0.2) is 42.7 Å². The molecular weight excluding hydrogens is 274 g/mol. The summed E-state index contributed by atoms with van der Waals surface area (Å²) >= 11 is 0. The first-order valence-electron chi connectivity index (χ1n) is 7.49. The Morgan fingerprint density at radius 1 is 1.09 bits per heavy atom. The largest absolute Gasteiger partial charge is 0.373 e. The summed E-state index contributed by atoms with van der Waals surface area (Å²) < 4.78 is 0. The highest BCUT2D eigenvalue weighted by molar-refractivity contribution is 5.69. The lowest BCUT2D eigenvalue weighted by Gasteiger charge is -2.22. The van der Waals surface area contributed by atoms with E-state index in [0.29, 0.717) is 0 Å². The summed E-state index contributed by atoms with van der Waals surface area (Å²) in [6, 6.07) is 10.4. The van der Waals surface area contributed by atoms with E-state index < -0.39 is 0 Å². The number of anilines is 3. The van der Waals surface area contributed by atoms with Gasteiger partial charge < -0.3 is 15.5 Å². The van der Waals surface area contributed by atoms with Crippen molar-refractivity contribution in [1.82, 2.24) is 14.9 Å². The molecule has 5 heteroatoms. The Hall–Kier alpha value is -2.40. The van der Waals surface area contributed by atoms with Gasteiger partial charge >= 0.3 is 0 Å². The van der Waals surface area contributed by atoms with Crippen LogP contribution in [0.1, 0.15) is 12.0 Å². The molecular formula is C17H21N5. The van der Waals surface area contributed by atoms with Gasteiger partial charge in [0.2, 0.25) is 0 Å². The molecule has 2 N–H and O–H groups in total. The second-order valence-electron chi connectivity index (χ2n) is 5.48. The number of rotatable bonds is 4. The van der Waals surface area contributed by atoms with Crippen LogP contribution in [0.2, 0.25) is 0 Å². The third kappa shape index (κ3) is 3.43. The van der Waals surface area contributed by atoms with E-state index in [1.807, 2.05) is 13.1 Å². The molecule has 1 aromatic carbocycles. The maximum atomic E-state index is 4.22. The Morgan fingerprint density at radius 3 is 2.55 bits per heavy atom. The zero-order valence-electron chi connectivity index (χ0n) is 13.0. The first kappa shape index (κ1) is 14.5. The predicted molar refractivity (Wildman–Crippen MR) is 91.4 cm³/mol. The first-order valence-corrected chi connectivity index (χ1v) is 7.49. The Balaban J connectivity index is 1.71. The molecule has 1 aliphatic rings. The number of likely N-dealkylation sites (N-methyl/N-ethyl adjacent to an activating group) is 1. The second-order valence-corrected chi connectivity index (χ2v) is 5.48. The molecule has 114 valence electrons.